The molecular formula is C21H20N2O4S. The van der Waals surface area contributed by atoms with E-state index in [1.165, 1.54) is 23.9 Å². The van der Waals surface area contributed by atoms with Crippen molar-refractivity contribution in [2.75, 3.05) is 13.7 Å². The highest BCUT2D eigenvalue weighted by Crippen LogP contribution is 2.37. The van der Waals surface area contributed by atoms with E-state index in [1.54, 1.807) is 24.1 Å². The molecular weight excluding hydrogens is 376 g/mol. The summed E-state index contributed by atoms with van der Waals surface area (Å²) in [6.45, 7) is 4.26. The van der Waals surface area contributed by atoms with Crippen LogP contribution in [0.15, 0.2) is 58.4 Å². The largest absolute Gasteiger partial charge is 0.497 e. The fourth-order valence-electron chi connectivity index (χ4n) is 2.79. The minimum absolute atomic E-state index is 0.103. The number of carbonyl (C=O) groups is 2. The van der Waals surface area contributed by atoms with Crippen molar-refractivity contribution >= 4 is 40.1 Å². The molecule has 2 aromatic rings. The lowest BCUT2D eigenvalue weighted by molar-refractivity contribution is -0.122. The maximum atomic E-state index is 12.9. The van der Waals surface area contributed by atoms with Gasteiger partial charge in [0.05, 0.1) is 23.3 Å². The molecule has 1 saturated heterocycles. The SMILES string of the molecule is CCN1C(=O)/C(=C(\C)c2ccc(OC)cc2)SC1=Nc1cccc(C(=O)O)c1. The van der Waals surface area contributed by atoms with Gasteiger partial charge in [-0.2, -0.15) is 0 Å². The number of rotatable bonds is 5. The van der Waals surface area contributed by atoms with E-state index in [0.717, 1.165) is 16.9 Å². The van der Waals surface area contributed by atoms with Crippen molar-refractivity contribution in [1.82, 2.24) is 4.90 Å². The summed E-state index contributed by atoms with van der Waals surface area (Å²) >= 11 is 1.30. The Morgan fingerprint density at radius 3 is 2.50 bits per heavy atom. The summed E-state index contributed by atoms with van der Waals surface area (Å²) in [4.78, 5) is 30.8. The van der Waals surface area contributed by atoms with Crippen molar-refractivity contribution in [2.24, 2.45) is 4.99 Å². The number of amidine groups is 1. The van der Waals surface area contributed by atoms with Gasteiger partial charge in [0.2, 0.25) is 0 Å². The smallest absolute Gasteiger partial charge is 0.335 e. The Hall–Kier alpha value is -3.06. The number of hydrogen-bond donors (Lipinski definition) is 1. The number of carboxylic acid groups (broad SMARTS) is 1. The zero-order valence-electron chi connectivity index (χ0n) is 15.8. The van der Waals surface area contributed by atoms with Crippen LogP contribution in [0.5, 0.6) is 5.75 Å². The Balaban J connectivity index is 1.97. The first-order valence-electron chi connectivity index (χ1n) is 8.71. The number of likely N-dealkylation sites (N-methyl/N-ethyl adjacent to an activating group) is 1. The summed E-state index contributed by atoms with van der Waals surface area (Å²) in [5, 5.41) is 9.69. The molecule has 0 aromatic heterocycles. The molecule has 1 heterocycles. The molecule has 1 amide bonds. The minimum atomic E-state index is -1.01. The number of carbonyl (C=O) groups excluding carboxylic acids is 1. The number of methoxy groups -OCH3 is 1. The van der Waals surface area contributed by atoms with Gasteiger partial charge in [-0.15, -0.1) is 0 Å². The molecule has 0 bridgehead atoms. The van der Waals surface area contributed by atoms with Crippen LogP contribution in [0.25, 0.3) is 5.57 Å². The Bertz CT molecular complexity index is 980. The van der Waals surface area contributed by atoms with Crippen molar-refractivity contribution in [1.29, 1.82) is 0 Å². The molecule has 1 fully saturated rings. The van der Waals surface area contributed by atoms with Crippen molar-refractivity contribution in [3.63, 3.8) is 0 Å². The maximum absolute atomic E-state index is 12.9. The van der Waals surface area contributed by atoms with Crippen LogP contribution in [-0.4, -0.2) is 40.7 Å². The fraction of sp³-hybridized carbons (Fsp3) is 0.190. The molecule has 3 rings (SSSR count). The molecule has 1 aliphatic rings. The number of ether oxygens (including phenoxy) is 1. The number of aliphatic imine (C=N–C) groups is 1. The quantitative estimate of drug-likeness (QED) is 0.758. The Morgan fingerprint density at radius 1 is 1.18 bits per heavy atom. The number of hydrogen-bond acceptors (Lipinski definition) is 5. The second kappa shape index (κ2) is 8.31. The van der Waals surface area contributed by atoms with Crippen LogP contribution in [-0.2, 0) is 4.79 Å². The van der Waals surface area contributed by atoms with E-state index in [4.69, 9.17) is 9.84 Å². The number of carboxylic acids is 1. The molecule has 1 aliphatic heterocycles. The molecule has 2 aromatic carbocycles. The normalized spacial score (nSPS) is 17.2. The van der Waals surface area contributed by atoms with Crippen molar-refractivity contribution in [3.05, 3.63) is 64.6 Å². The van der Waals surface area contributed by atoms with Gasteiger partial charge in [0, 0.05) is 6.54 Å². The second-order valence-corrected chi connectivity index (χ2v) is 7.06. The molecule has 7 heteroatoms. The average molecular weight is 396 g/mol. The van der Waals surface area contributed by atoms with Crippen LogP contribution in [0.4, 0.5) is 5.69 Å². The summed E-state index contributed by atoms with van der Waals surface area (Å²) in [5.41, 5.74) is 2.45. The van der Waals surface area contributed by atoms with E-state index < -0.39 is 5.97 Å². The van der Waals surface area contributed by atoms with Gasteiger partial charge in [-0.05, 0) is 67.1 Å². The molecule has 0 spiro atoms. The van der Waals surface area contributed by atoms with Crippen LogP contribution >= 0.6 is 11.8 Å². The molecule has 0 radical (unpaired) electrons. The Labute approximate surface area is 167 Å². The first-order chi connectivity index (χ1) is 13.4. The van der Waals surface area contributed by atoms with Gasteiger partial charge in [-0.1, -0.05) is 18.2 Å². The van der Waals surface area contributed by atoms with E-state index >= 15 is 0 Å². The number of aromatic carboxylic acids is 1. The third kappa shape index (κ3) is 3.94. The third-order valence-electron chi connectivity index (χ3n) is 4.36. The molecule has 0 atom stereocenters. The van der Waals surface area contributed by atoms with Crippen LogP contribution in [0, 0.1) is 0 Å². The topological polar surface area (TPSA) is 79.2 Å². The van der Waals surface area contributed by atoms with Gasteiger partial charge in [0.25, 0.3) is 5.91 Å². The highest BCUT2D eigenvalue weighted by atomic mass is 32.2. The molecule has 28 heavy (non-hydrogen) atoms. The fourth-order valence-corrected chi connectivity index (χ4v) is 3.91. The summed E-state index contributed by atoms with van der Waals surface area (Å²) < 4.78 is 5.18. The van der Waals surface area contributed by atoms with Gasteiger partial charge in [0.15, 0.2) is 5.17 Å². The lowest BCUT2D eigenvalue weighted by Gasteiger charge is -2.12. The van der Waals surface area contributed by atoms with E-state index in [2.05, 4.69) is 4.99 Å². The summed E-state index contributed by atoms with van der Waals surface area (Å²) in [6.07, 6.45) is 0. The lowest BCUT2D eigenvalue weighted by Crippen LogP contribution is -2.28. The number of amides is 1. The van der Waals surface area contributed by atoms with Gasteiger partial charge in [0.1, 0.15) is 5.75 Å². The first-order valence-corrected chi connectivity index (χ1v) is 9.53. The van der Waals surface area contributed by atoms with Crippen LogP contribution < -0.4 is 4.74 Å². The van der Waals surface area contributed by atoms with E-state index in [-0.39, 0.29) is 11.5 Å². The Kier molecular flexibility index (Phi) is 5.84. The number of allylic oxidation sites excluding steroid dienone is 1. The average Bonchev–Trinajstić information content (AvgIpc) is 3.02. The predicted molar refractivity (Wildman–Crippen MR) is 111 cm³/mol. The highest BCUT2D eigenvalue weighted by Gasteiger charge is 2.34. The zero-order valence-corrected chi connectivity index (χ0v) is 16.6. The first kappa shape index (κ1) is 19.7. The van der Waals surface area contributed by atoms with Gasteiger partial charge in [-0.25, -0.2) is 9.79 Å². The van der Waals surface area contributed by atoms with Crippen molar-refractivity contribution < 1.29 is 19.4 Å². The second-order valence-electron chi connectivity index (χ2n) is 6.08. The molecule has 6 nitrogen and oxygen atoms in total. The van der Waals surface area contributed by atoms with E-state index in [9.17, 15) is 9.59 Å². The number of thioether (sulfide) groups is 1. The Morgan fingerprint density at radius 2 is 1.89 bits per heavy atom. The van der Waals surface area contributed by atoms with Crippen LogP contribution in [0.3, 0.4) is 0 Å². The molecule has 1 N–H and O–H groups in total. The van der Waals surface area contributed by atoms with Crippen molar-refractivity contribution in [2.45, 2.75) is 13.8 Å². The van der Waals surface area contributed by atoms with Crippen LogP contribution in [0.1, 0.15) is 29.8 Å². The standard InChI is InChI=1S/C21H20N2O4S/c1-4-23-19(24)18(13(2)14-8-10-17(27-3)11-9-14)28-21(23)22-16-7-5-6-15(12-16)20(25)26/h5-12H,4H2,1-3H3,(H,25,26)/b18-13-,22-21?. The molecule has 144 valence electrons. The third-order valence-corrected chi connectivity index (χ3v) is 5.54. The van der Waals surface area contributed by atoms with E-state index in [1.807, 2.05) is 38.1 Å². The van der Waals surface area contributed by atoms with E-state index in [0.29, 0.717) is 22.3 Å². The number of benzene rings is 2. The van der Waals surface area contributed by atoms with Crippen LogP contribution in [0.2, 0.25) is 0 Å². The maximum Gasteiger partial charge on any atom is 0.335 e. The van der Waals surface area contributed by atoms with Gasteiger partial charge >= 0.3 is 5.97 Å². The molecule has 0 aliphatic carbocycles. The zero-order chi connectivity index (χ0) is 20.3. The number of nitrogens with zero attached hydrogens (tertiary/aromatic N) is 2. The monoisotopic (exact) mass is 396 g/mol. The summed E-state index contributed by atoms with van der Waals surface area (Å²) in [7, 11) is 1.61. The van der Waals surface area contributed by atoms with Crippen molar-refractivity contribution in [3.8, 4) is 5.75 Å². The summed E-state index contributed by atoms with van der Waals surface area (Å²) in [5.74, 6) is -0.364. The molecule has 0 saturated carbocycles. The van der Waals surface area contributed by atoms with Gasteiger partial charge < -0.3 is 9.84 Å². The summed E-state index contributed by atoms with van der Waals surface area (Å²) in [6, 6.07) is 13.9. The highest BCUT2D eigenvalue weighted by molar-refractivity contribution is 8.18. The van der Waals surface area contributed by atoms with Gasteiger partial charge in [-0.3, -0.25) is 9.69 Å². The minimum Gasteiger partial charge on any atom is -0.497 e. The molecule has 0 unspecified atom stereocenters. The predicted octanol–water partition coefficient (Wildman–Crippen LogP) is 4.41. The lowest BCUT2D eigenvalue weighted by atomic mass is 10.1.